The number of hydrogen-bond donors (Lipinski definition) is 1. The SMILES string of the molecule is CCc1sc(NC(=O)C2CCN(c3cccc(Cl)c3)CC2)nc1-c1ccccc1. The zero-order valence-electron chi connectivity index (χ0n) is 16.4. The maximum absolute atomic E-state index is 12.8. The summed E-state index contributed by atoms with van der Waals surface area (Å²) in [6.45, 7) is 3.83. The number of amides is 1. The van der Waals surface area contributed by atoms with E-state index >= 15 is 0 Å². The van der Waals surface area contributed by atoms with Crippen molar-refractivity contribution in [2.45, 2.75) is 26.2 Å². The summed E-state index contributed by atoms with van der Waals surface area (Å²) in [5.74, 6) is 0.0892. The maximum atomic E-state index is 12.8. The van der Waals surface area contributed by atoms with Gasteiger partial charge in [-0.05, 0) is 37.5 Å². The molecule has 29 heavy (non-hydrogen) atoms. The number of nitrogens with zero attached hydrogens (tertiary/aromatic N) is 2. The zero-order valence-corrected chi connectivity index (χ0v) is 18.0. The molecule has 2 aromatic carbocycles. The second kappa shape index (κ2) is 8.97. The third-order valence-corrected chi connectivity index (χ3v) is 6.69. The van der Waals surface area contributed by atoms with Crippen molar-refractivity contribution in [3.8, 4) is 11.3 Å². The Morgan fingerprint density at radius 2 is 1.93 bits per heavy atom. The number of benzene rings is 2. The normalized spacial score (nSPS) is 14.8. The van der Waals surface area contributed by atoms with E-state index in [1.807, 2.05) is 36.4 Å². The van der Waals surface area contributed by atoms with Gasteiger partial charge in [0.2, 0.25) is 5.91 Å². The van der Waals surface area contributed by atoms with Crippen LogP contribution < -0.4 is 10.2 Å². The second-order valence-electron chi connectivity index (χ2n) is 7.24. The van der Waals surface area contributed by atoms with Gasteiger partial charge >= 0.3 is 0 Å². The minimum absolute atomic E-state index is 0.0135. The quantitative estimate of drug-likeness (QED) is 0.555. The first-order valence-corrected chi connectivity index (χ1v) is 11.2. The van der Waals surface area contributed by atoms with Crippen molar-refractivity contribution < 1.29 is 4.79 Å². The molecule has 6 heteroatoms. The van der Waals surface area contributed by atoms with Crippen molar-refractivity contribution in [2.75, 3.05) is 23.3 Å². The Bertz CT molecular complexity index is 981. The summed E-state index contributed by atoms with van der Waals surface area (Å²) in [7, 11) is 0. The summed E-state index contributed by atoms with van der Waals surface area (Å²) < 4.78 is 0. The van der Waals surface area contributed by atoms with E-state index in [9.17, 15) is 4.79 Å². The summed E-state index contributed by atoms with van der Waals surface area (Å²) in [6.07, 6.45) is 2.56. The van der Waals surface area contributed by atoms with E-state index in [4.69, 9.17) is 16.6 Å². The van der Waals surface area contributed by atoms with Gasteiger partial charge in [0.1, 0.15) is 0 Å². The van der Waals surface area contributed by atoms with Gasteiger partial charge in [-0.1, -0.05) is 54.9 Å². The van der Waals surface area contributed by atoms with E-state index in [1.165, 1.54) is 4.88 Å². The largest absolute Gasteiger partial charge is 0.371 e. The molecule has 1 aliphatic rings. The molecule has 150 valence electrons. The fraction of sp³-hybridized carbons (Fsp3) is 0.304. The molecule has 0 saturated carbocycles. The molecule has 0 bridgehead atoms. The van der Waals surface area contributed by atoms with Crippen molar-refractivity contribution >= 4 is 39.7 Å². The number of aromatic nitrogens is 1. The molecule has 3 aromatic rings. The summed E-state index contributed by atoms with van der Waals surface area (Å²) in [6, 6.07) is 18.0. The number of rotatable bonds is 5. The second-order valence-corrected chi connectivity index (χ2v) is 8.76. The molecule has 0 spiro atoms. The lowest BCUT2D eigenvalue weighted by Gasteiger charge is -2.32. The lowest BCUT2D eigenvalue weighted by atomic mass is 9.95. The maximum Gasteiger partial charge on any atom is 0.229 e. The van der Waals surface area contributed by atoms with Crippen LogP contribution in [0.5, 0.6) is 0 Å². The molecule has 1 amide bonds. The topological polar surface area (TPSA) is 45.2 Å². The molecule has 1 aromatic heterocycles. The first kappa shape index (κ1) is 19.9. The molecule has 4 rings (SSSR count). The first-order chi connectivity index (χ1) is 14.1. The van der Waals surface area contributed by atoms with Crippen LogP contribution in [-0.4, -0.2) is 24.0 Å². The van der Waals surface area contributed by atoms with Gasteiger partial charge in [0.15, 0.2) is 5.13 Å². The average molecular weight is 426 g/mol. The number of thiazole rings is 1. The average Bonchev–Trinajstić information content (AvgIpc) is 3.17. The summed E-state index contributed by atoms with van der Waals surface area (Å²) >= 11 is 7.69. The third kappa shape index (κ3) is 4.62. The minimum Gasteiger partial charge on any atom is -0.371 e. The van der Waals surface area contributed by atoms with Gasteiger partial charge in [0.25, 0.3) is 0 Å². The van der Waals surface area contributed by atoms with Gasteiger partial charge in [0, 0.05) is 40.2 Å². The van der Waals surface area contributed by atoms with Gasteiger partial charge in [-0.15, -0.1) is 11.3 Å². The van der Waals surface area contributed by atoms with E-state index in [0.29, 0.717) is 5.13 Å². The predicted octanol–water partition coefficient (Wildman–Crippen LogP) is 5.88. The van der Waals surface area contributed by atoms with Crippen LogP contribution in [0.3, 0.4) is 0 Å². The number of aryl methyl sites for hydroxylation is 1. The van der Waals surface area contributed by atoms with Crippen LogP contribution in [0.25, 0.3) is 11.3 Å². The molecule has 1 fully saturated rings. The molecule has 0 radical (unpaired) electrons. The Kier molecular flexibility index (Phi) is 6.16. The Morgan fingerprint density at radius 3 is 2.62 bits per heavy atom. The number of nitrogens with one attached hydrogen (secondary N) is 1. The highest BCUT2D eigenvalue weighted by Crippen LogP contribution is 2.32. The van der Waals surface area contributed by atoms with E-state index in [0.717, 1.165) is 54.3 Å². The smallest absolute Gasteiger partial charge is 0.229 e. The molecule has 1 aliphatic heterocycles. The van der Waals surface area contributed by atoms with Gasteiger partial charge in [-0.3, -0.25) is 4.79 Å². The van der Waals surface area contributed by atoms with E-state index in [1.54, 1.807) is 11.3 Å². The minimum atomic E-state index is 0.0135. The van der Waals surface area contributed by atoms with Crippen LogP contribution in [0.2, 0.25) is 5.02 Å². The van der Waals surface area contributed by atoms with Crippen LogP contribution in [0, 0.1) is 5.92 Å². The van der Waals surface area contributed by atoms with Crippen LogP contribution in [0.15, 0.2) is 54.6 Å². The van der Waals surface area contributed by atoms with Gasteiger partial charge in [0.05, 0.1) is 5.69 Å². The molecule has 0 atom stereocenters. The highest BCUT2D eigenvalue weighted by atomic mass is 35.5. The Hall–Kier alpha value is -2.37. The lowest BCUT2D eigenvalue weighted by molar-refractivity contribution is -0.120. The Morgan fingerprint density at radius 1 is 1.17 bits per heavy atom. The highest BCUT2D eigenvalue weighted by molar-refractivity contribution is 7.16. The number of hydrogen-bond acceptors (Lipinski definition) is 4. The molecular formula is C23H24ClN3OS. The standard InChI is InChI=1S/C23H24ClN3OS/c1-2-20-21(16-7-4-3-5-8-16)25-23(29-20)26-22(28)17-11-13-27(14-12-17)19-10-6-9-18(24)15-19/h3-10,15,17H,2,11-14H2,1H3,(H,25,26,28). The van der Waals surface area contributed by atoms with Crippen molar-refractivity contribution in [3.63, 3.8) is 0 Å². The molecule has 1 saturated heterocycles. The van der Waals surface area contributed by atoms with E-state index in [-0.39, 0.29) is 11.8 Å². The van der Waals surface area contributed by atoms with Crippen molar-refractivity contribution in [1.82, 2.24) is 4.98 Å². The van der Waals surface area contributed by atoms with Crippen molar-refractivity contribution in [1.29, 1.82) is 0 Å². The zero-order chi connectivity index (χ0) is 20.2. The highest BCUT2D eigenvalue weighted by Gasteiger charge is 2.26. The predicted molar refractivity (Wildman–Crippen MR) is 122 cm³/mol. The van der Waals surface area contributed by atoms with E-state index in [2.05, 4.69) is 35.3 Å². The number of piperidine rings is 1. The molecule has 4 nitrogen and oxygen atoms in total. The van der Waals surface area contributed by atoms with Gasteiger partial charge < -0.3 is 10.2 Å². The Balaban J connectivity index is 1.40. The monoisotopic (exact) mass is 425 g/mol. The van der Waals surface area contributed by atoms with Crippen LogP contribution in [0.1, 0.15) is 24.6 Å². The first-order valence-electron chi connectivity index (χ1n) is 10.0. The van der Waals surface area contributed by atoms with Gasteiger partial charge in [-0.2, -0.15) is 0 Å². The van der Waals surface area contributed by atoms with Crippen LogP contribution in [-0.2, 0) is 11.2 Å². The number of anilines is 2. The number of carbonyl (C=O) groups is 1. The van der Waals surface area contributed by atoms with Crippen LogP contribution in [0.4, 0.5) is 10.8 Å². The lowest BCUT2D eigenvalue weighted by Crippen LogP contribution is -2.38. The Labute approximate surface area is 180 Å². The molecule has 1 N–H and O–H groups in total. The molecule has 0 aliphatic carbocycles. The molecular weight excluding hydrogens is 402 g/mol. The number of carbonyl (C=O) groups excluding carboxylic acids is 1. The molecule has 0 unspecified atom stereocenters. The number of halogens is 1. The molecule has 2 heterocycles. The summed E-state index contributed by atoms with van der Waals surface area (Å²) in [4.78, 5) is 21.0. The fourth-order valence-corrected chi connectivity index (χ4v) is 4.86. The van der Waals surface area contributed by atoms with Crippen molar-refractivity contribution in [3.05, 3.63) is 64.5 Å². The van der Waals surface area contributed by atoms with Crippen molar-refractivity contribution in [2.24, 2.45) is 5.92 Å². The van der Waals surface area contributed by atoms with Crippen LogP contribution >= 0.6 is 22.9 Å². The fourth-order valence-electron chi connectivity index (χ4n) is 3.75. The van der Waals surface area contributed by atoms with E-state index < -0.39 is 0 Å². The summed E-state index contributed by atoms with van der Waals surface area (Å²) in [5.41, 5.74) is 3.19. The van der Waals surface area contributed by atoms with Gasteiger partial charge in [-0.25, -0.2) is 4.98 Å². The third-order valence-electron chi connectivity index (χ3n) is 5.33. The summed E-state index contributed by atoms with van der Waals surface area (Å²) in [5, 5.41) is 4.51.